The Hall–Kier alpha value is -1.74. The zero-order chi connectivity index (χ0) is 14.2. The number of para-hydroxylation sites is 1. The second kappa shape index (κ2) is 4.98. The lowest BCUT2D eigenvalue weighted by molar-refractivity contribution is 0.0758. The van der Waals surface area contributed by atoms with E-state index in [0.717, 1.165) is 23.6 Å². The number of fused-ring (bicyclic) bond motifs is 1. The highest BCUT2D eigenvalue weighted by atomic mass is 35.5. The first-order chi connectivity index (χ1) is 9.53. The van der Waals surface area contributed by atoms with E-state index in [9.17, 15) is 0 Å². The molecular weight excluding hydrogens is 272 g/mol. The minimum absolute atomic E-state index is 0.168. The zero-order valence-electron chi connectivity index (χ0n) is 11.6. The van der Waals surface area contributed by atoms with Gasteiger partial charge in [0, 0.05) is 12.0 Å². The van der Waals surface area contributed by atoms with E-state index >= 15 is 0 Å². The van der Waals surface area contributed by atoms with Crippen molar-refractivity contribution in [3.8, 4) is 5.75 Å². The van der Waals surface area contributed by atoms with Crippen LogP contribution in [0.1, 0.15) is 31.9 Å². The maximum atomic E-state index is 6.02. The number of pyridine rings is 1. The normalized spacial score (nSPS) is 19.9. The van der Waals surface area contributed by atoms with Crippen LogP contribution in [0.4, 0.5) is 5.82 Å². The summed E-state index contributed by atoms with van der Waals surface area (Å²) in [5.74, 6) is 1.72. The Balaban J connectivity index is 1.93. The molecule has 0 amide bonds. The highest BCUT2D eigenvalue weighted by Crippen LogP contribution is 2.40. The maximum absolute atomic E-state index is 6.02. The van der Waals surface area contributed by atoms with Gasteiger partial charge >= 0.3 is 0 Å². The fraction of sp³-hybridized carbons (Fsp3) is 0.312. The Morgan fingerprint density at radius 1 is 1.20 bits per heavy atom. The third-order valence-electron chi connectivity index (χ3n) is 3.41. The lowest BCUT2D eigenvalue weighted by atomic mass is 9.90. The molecule has 0 saturated carbocycles. The molecule has 3 rings (SSSR count). The van der Waals surface area contributed by atoms with Crippen LogP contribution in [0.5, 0.6) is 5.75 Å². The molecule has 0 spiro atoms. The summed E-state index contributed by atoms with van der Waals surface area (Å²) in [6.45, 7) is 4.20. The topological polar surface area (TPSA) is 34.2 Å². The molecule has 1 aliphatic heterocycles. The highest BCUT2D eigenvalue weighted by Gasteiger charge is 2.33. The molecule has 4 heteroatoms. The quantitative estimate of drug-likeness (QED) is 0.829. The van der Waals surface area contributed by atoms with E-state index in [4.69, 9.17) is 16.3 Å². The summed E-state index contributed by atoms with van der Waals surface area (Å²) < 4.78 is 6.02. The summed E-state index contributed by atoms with van der Waals surface area (Å²) in [4.78, 5) is 4.30. The molecule has 104 valence electrons. The van der Waals surface area contributed by atoms with Gasteiger partial charge in [-0.15, -0.1) is 0 Å². The number of benzene rings is 1. The van der Waals surface area contributed by atoms with Gasteiger partial charge in [0.05, 0.1) is 6.04 Å². The Morgan fingerprint density at radius 2 is 2.00 bits per heavy atom. The summed E-state index contributed by atoms with van der Waals surface area (Å²) in [5.41, 5.74) is 0.957. The highest BCUT2D eigenvalue weighted by molar-refractivity contribution is 6.29. The van der Waals surface area contributed by atoms with Crippen molar-refractivity contribution in [3.05, 3.63) is 53.2 Å². The molecule has 1 aromatic carbocycles. The van der Waals surface area contributed by atoms with Crippen molar-refractivity contribution in [1.82, 2.24) is 4.98 Å². The van der Waals surface area contributed by atoms with E-state index in [1.54, 1.807) is 6.07 Å². The number of hydrogen-bond donors (Lipinski definition) is 1. The first kappa shape index (κ1) is 13.3. The number of ether oxygens (including phenoxy) is 1. The van der Waals surface area contributed by atoms with Gasteiger partial charge in [0.25, 0.3) is 0 Å². The van der Waals surface area contributed by atoms with E-state index in [2.05, 4.69) is 30.2 Å². The Kier molecular flexibility index (Phi) is 3.30. The molecule has 1 unspecified atom stereocenters. The molecule has 0 radical (unpaired) electrons. The van der Waals surface area contributed by atoms with Crippen molar-refractivity contribution >= 4 is 17.4 Å². The third kappa shape index (κ3) is 2.73. The zero-order valence-corrected chi connectivity index (χ0v) is 12.3. The monoisotopic (exact) mass is 288 g/mol. The lowest BCUT2D eigenvalue weighted by Crippen LogP contribution is -2.37. The van der Waals surface area contributed by atoms with Crippen LogP contribution in [0.3, 0.4) is 0 Å². The molecule has 3 nitrogen and oxygen atoms in total. The molecule has 0 bridgehead atoms. The molecule has 1 N–H and O–H groups in total. The van der Waals surface area contributed by atoms with Crippen LogP contribution < -0.4 is 10.1 Å². The van der Waals surface area contributed by atoms with Gasteiger partial charge in [-0.1, -0.05) is 35.9 Å². The predicted octanol–water partition coefficient (Wildman–Crippen LogP) is 4.45. The van der Waals surface area contributed by atoms with E-state index in [1.807, 2.05) is 30.3 Å². The molecule has 2 heterocycles. The van der Waals surface area contributed by atoms with Crippen LogP contribution in [0, 0.1) is 0 Å². The SMILES string of the molecule is CC1(C)CC(Nc2cccc(Cl)n2)c2ccccc2O1. The number of hydrogen-bond acceptors (Lipinski definition) is 3. The average Bonchev–Trinajstić information content (AvgIpc) is 2.37. The number of anilines is 1. The van der Waals surface area contributed by atoms with Crippen LogP contribution in [0.25, 0.3) is 0 Å². The molecular formula is C16H17ClN2O. The summed E-state index contributed by atoms with van der Waals surface area (Å²) in [5, 5.41) is 3.95. The maximum Gasteiger partial charge on any atom is 0.131 e. The standard InChI is InChI=1S/C16H17ClN2O/c1-16(2)10-12(11-6-3-4-7-13(11)20-16)18-15-9-5-8-14(17)19-15/h3-9,12H,10H2,1-2H3,(H,18,19). The first-order valence-corrected chi connectivity index (χ1v) is 7.08. The van der Waals surface area contributed by atoms with Crippen molar-refractivity contribution in [1.29, 1.82) is 0 Å². The van der Waals surface area contributed by atoms with Gasteiger partial charge in [-0.2, -0.15) is 0 Å². The van der Waals surface area contributed by atoms with Crippen molar-refractivity contribution in [2.24, 2.45) is 0 Å². The van der Waals surface area contributed by atoms with Gasteiger partial charge in [0.15, 0.2) is 0 Å². The van der Waals surface area contributed by atoms with Gasteiger partial charge in [-0.3, -0.25) is 0 Å². The van der Waals surface area contributed by atoms with Crippen LogP contribution in [0.2, 0.25) is 5.15 Å². The van der Waals surface area contributed by atoms with Gasteiger partial charge in [0.1, 0.15) is 22.3 Å². The lowest BCUT2D eigenvalue weighted by Gasteiger charge is -2.38. The van der Waals surface area contributed by atoms with Crippen molar-refractivity contribution in [3.63, 3.8) is 0 Å². The summed E-state index contributed by atoms with van der Waals surface area (Å²) >= 11 is 5.94. The fourth-order valence-corrected chi connectivity index (χ4v) is 2.76. The summed E-state index contributed by atoms with van der Waals surface area (Å²) in [7, 11) is 0. The van der Waals surface area contributed by atoms with Crippen LogP contribution in [0.15, 0.2) is 42.5 Å². The Labute approximate surface area is 123 Å². The van der Waals surface area contributed by atoms with Gasteiger partial charge in [-0.25, -0.2) is 4.98 Å². The molecule has 1 aromatic heterocycles. The van der Waals surface area contributed by atoms with E-state index in [-0.39, 0.29) is 11.6 Å². The number of halogens is 1. The molecule has 2 aromatic rings. The predicted molar refractivity (Wildman–Crippen MR) is 81.4 cm³/mol. The smallest absolute Gasteiger partial charge is 0.131 e. The minimum Gasteiger partial charge on any atom is -0.487 e. The van der Waals surface area contributed by atoms with Gasteiger partial charge in [-0.05, 0) is 32.0 Å². The number of nitrogens with zero attached hydrogens (tertiary/aromatic N) is 1. The van der Waals surface area contributed by atoms with Crippen molar-refractivity contribution in [2.75, 3.05) is 5.32 Å². The second-order valence-corrected chi connectivity index (χ2v) is 6.03. The Bertz CT molecular complexity index is 627. The van der Waals surface area contributed by atoms with Crippen molar-refractivity contribution < 1.29 is 4.74 Å². The third-order valence-corrected chi connectivity index (χ3v) is 3.62. The molecule has 1 atom stereocenters. The van der Waals surface area contributed by atoms with Crippen LogP contribution in [-0.2, 0) is 0 Å². The average molecular weight is 289 g/mol. The van der Waals surface area contributed by atoms with E-state index in [1.165, 1.54) is 0 Å². The molecule has 20 heavy (non-hydrogen) atoms. The minimum atomic E-state index is -0.204. The summed E-state index contributed by atoms with van der Waals surface area (Å²) in [6.07, 6.45) is 0.873. The van der Waals surface area contributed by atoms with Crippen LogP contribution in [-0.4, -0.2) is 10.6 Å². The first-order valence-electron chi connectivity index (χ1n) is 6.70. The van der Waals surface area contributed by atoms with E-state index < -0.39 is 0 Å². The molecule has 0 saturated heterocycles. The number of nitrogens with one attached hydrogen (secondary N) is 1. The second-order valence-electron chi connectivity index (χ2n) is 5.65. The molecule has 1 aliphatic rings. The number of aromatic nitrogens is 1. The van der Waals surface area contributed by atoms with Gasteiger partial charge in [0.2, 0.25) is 0 Å². The Morgan fingerprint density at radius 3 is 2.80 bits per heavy atom. The van der Waals surface area contributed by atoms with Gasteiger partial charge < -0.3 is 10.1 Å². The molecule has 0 fully saturated rings. The van der Waals surface area contributed by atoms with E-state index in [0.29, 0.717) is 5.15 Å². The largest absolute Gasteiger partial charge is 0.487 e. The van der Waals surface area contributed by atoms with Crippen molar-refractivity contribution in [2.45, 2.75) is 31.9 Å². The summed E-state index contributed by atoms with van der Waals surface area (Å²) in [6, 6.07) is 13.9. The number of rotatable bonds is 2. The fourth-order valence-electron chi connectivity index (χ4n) is 2.60. The van der Waals surface area contributed by atoms with Crippen LogP contribution >= 0.6 is 11.6 Å². The molecule has 0 aliphatic carbocycles.